The first-order valence-corrected chi connectivity index (χ1v) is 6.91. The van der Waals surface area contributed by atoms with Gasteiger partial charge in [0.2, 0.25) is 0 Å². The summed E-state index contributed by atoms with van der Waals surface area (Å²) < 4.78 is 0. The number of nitrogens with one attached hydrogen (secondary N) is 2. The Morgan fingerprint density at radius 2 is 1.89 bits per heavy atom. The molecule has 1 aromatic carbocycles. The maximum atomic E-state index is 5.48. The first kappa shape index (κ1) is 13.3. The second-order valence-corrected chi connectivity index (χ2v) is 5.56. The molecule has 0 bridgehead atoms. The van der Waals surface area contributed by atoms with Crippen LogP contribution in [-0.4, -0.2) is 43.2 Å². The summed E-state index contributed by atoms with van der Waals surface area (Å²) in [6.07, 6.45) is 0. The van der Waals surface area contributed by atoms with Crippen molar-refractivity contribution in [2.24, 2.45) is 0 Å². The molecule has 1 fully saturated rings. The van der Waals surface area contributed by atoms with Gasteiger partial charge in [0.25, 0.3) is 0 Å². The summed E-state index contributed by atoms with van der Waals surface area (Å²) in [7, 11) is 2.23. The van der Waals surface area contributed by atoms with Crippen LogP contribution in [0.3, 0.4) is 0 Å². The number of benzene rings is 1. The lowest BCUT2D eigenvalue weighted by molar-refractivity contribution is -0.883. The average molecular weight is 264 g/mol. The Balaban J connectivity index is 1.96. The Kier molecular flexibility index (Phi) is 4.19. The van der Waals surface area contributed by atoms with Crippen LogP contribution in [0.4, 0.5) is 5.69 Å². The highest BCUT2D eigenvalue weighted by atomic mass is 32.1. The van der Waals surface area contributed by atoms with E-state index in [-0.39, 0.29) is 0 Å². The van der Waals surface area contributed by atoms with Crippen LogP contribution in [0.15, 0.2) is 18.2 Å². The molecule has 0 saturated carbocycles. The molecule has 0 aromatic heterocycles. The Morgan fingerprint density at radius 1 is 1.22 bits per heavy atom. The van der Waals surface area contributed by atoms with Crippen molar-refractivity contribution >= 4 is 23.0 Å². The minimum Gasteiger partial charge on any atom is -0.338 e. The maximum Gasteiger partial charge on any atom is 0.173 e. The molecule has 0 unspecified atom stereocenters. The number of rotatable bonds is 1. The van der Waals surface area contributed by atoms with Crippen molar-refractivity contribution in [3.05, 3.63) is 29.3 Å². The van der Waals surface area contributed by atoms with Crippen LogP contribution in [-0.2, 0) is 0 Å². The molecule has 0 amide bonds. The summed E-state index contributed by atoms with van der Waals surface area (Å²) in [6.45, 7) is 8.66. The van der Waals surface area contributed by atoms with Gasteiger partial charge < -0.3 is 15.1 Å². The smallest absolute Gasteiger partial charge is 0.173 e. The van der Waals surface area contributed by atoms with Gasteiger partial charge in [-0.2, -0.15) is 0 Å². The van der Waals surface area contributed by atoms with Crippen LogP contribution in [0.5, 0.6) is 0 Å². The van der Waals surface area contributed by atoms with E-state index in [9.17, 15) is 0 Å². The lowest BCUT2D eigenvalue weighted by Gasteiger charge is -2.32. The largest absolute Gasteiger partial charge is 0.338 e. The third kappa shape index (κ3) is 3.21. The fourth-order valence-electron chi connectivity index (χ4n) is 2.11. The molecule has 18 heavy (non-hydrogen) atoms. The number of nitrogens with zero attached hydrogens (tertiary/aromatic N) is 1. The highest BCUT2D eigenvalue weighted by Gasteiger charge is 2.18. The van der Waals surface area contributed by atoms with Gasteiger partial charge in [0, 0.05) is 5.69 Å². The number of aryl methyl sites for hydroxylation is 2. The molecule has 3 nitrogen and oxygen atoms in total. The Labute approximate surface area is 115 Å². The summed E-state index contributed by atoms with van der Waals surface area (Å²) in [5.41, 5.74) is 3.70. The van der Waals surface area contributed by atoms with Gasteiger partial charge in [0.15, 0.2) is 5.11 Å². The van der Waals surface area contributed by atoms with E-state index in [1.54, 1.807) is 4.90 Å². The number of piperazine rings is 1. The lowest BCUT2D eigenvalue weighted by atomic mass is 10.1. The van der Waals surface area contributed by atoms with E-state index in [0.717, 1.165) is 37.0 Å². The zero-order valence-corrected chi connectivity index (χ0v) is 12.2. The highest BCUT2D eigenvalue weighted by molar-refractivity contribution is 7.80. The maximum absolute atomic E-state index is 5.48. The fourth-order valence-corrected chi connectivity index (χ4v) is 2.41. The minimum absolute atomic E-state index is 0.853. The first-order chi connectivity index (χ1) is 8.56. The summed E-state index contributed by atoms with van der Waals surface area (Å²) >= 11 is 5.48. The van der Waals surface area contributed by atoms with Gasteiger partial charge in [0.1, 0.15) is 0 Å². The zero-order chi connectivity index (χ0) is 13.1. The summed E-state index contributed by atoms with van der Waals surface area (Å²) in [4.78, 5) is 3.84. The molecular formula is C14H22N3S+. The van der Waals surface area contributed by atoms with Gasteiger partial charge in [-0.25, -0.2) is 0 Å². The Morgan fingerprint density at radius 3 is 2.50 bits per heavy atom. The van der Waals surface area contributed by atoms with E-state index >= 15 is 0 Å². The topological polar surface area (TPSA) is 19.7 Å². The molecular weight excluding hydrogens is 242 g/mol. The molecule has 98 valence electrons. The highest BCUT2D eigenvalue weighted by Crippen LogP contribution is 2.14. The molecule has 2 N–H and O–H groups in total. The van der Waals surface area contributed by atoms with Gasteiger partial charge in [-0.1, -0.05) is 6.07 Å². The lowest BCUT2D eigenvalue weighted by Crippen LogP contribution is -3.12. The summed E-state index contributed by atoms with van der Waals surface area (Å²) in [6, 6.07) is 6.38. The van der Waals surface area contributed by atoms with Crippen molar-refractivity contribution in [3.8, 4) is 0 Å². The number of hydrogen-bond donors (Lipinski definition) is 2. The molecule has 1 heterocycles. The number of likely N-dealkylation sites (N-methyl/N-ethyl adjacent to an activating group) is 1. The Hall–Kier alpha value is -1.13. The van der Waals surface area contributed by atoms with Crippen LogP contribution in [0, 0.1) is 13.8 Å². The number of thiocarbonyl (C=S) groups is 1. The second kappa shape index (κ2) is 5.67. The first-order valence-electron chi connectivity index (χ1n) is 6.51. The van der Waals surface area contributed by atoms with Crippen LogP contribution < -0.4 is 10.2 Å². The summed E-state index contributed by atoms with van der Waals surface area (Å²) in [5.74, 6) is 0. The Bertz CT molecular complexity index is 437. The minimum atomic E-state index is 0.853. The van der Waals surface area contributed by atoms with Crippen molar-refractivity contribution in [2.75, 3.05) is 38.5 Å². The van der Waals surface area contributed by atoms with Gasteiger partial charge >= 0.3 is 0 Å². The van der Waals surface area contributed by atoms with Crippen molar-refractivity contribution in [1.82, 2.24) is 4.90 Å². The predicted molar refractivity (Wildman–Crippen MR) is 80.3 cm³/mol. The zero-order valence-electron chi connectivity index (χ0n) is 11.4. The third-order valence-corrected chi connectivity index (χ3v) is 4.02. The number of anilines is 1. The van der Waals surface area contributed by atoms with Gasteiger partial charge in [-0.15, -0.1) is 0 Å². The summed E-state index contributed by atoms with van der Waals surface area (Å²) in [5, 5.41) is 4.20. The molecule has 1 aliphatic rings. The van der Waals surface area contributed by atoms with E-state index in [4.69, 9.17) is 12.2 Å². The van der Waals surface area contributed by atoms with Crippen LogP contribution in [0.1, 0.15) is 11.1 Å². The average Bonchev–Trinajstić information content (AvgIpc) is 2.34. The molecule has 0 spiro atoms. The van der Waals surface area contributed by atoms with Crippen LogP contribution in [0.25, 0.3) is 0 Å². The number of quaternary nitrogens is 1. The van der Waals surface area contributed by atoms with Crippen molar-refractivity contribution in [3.63, 3.8) is 0 Å². The van der Waals surface area contributed by atoms with E-state index in [1.807, 2.05) is 0 Å². The molecule has 0 aliphatic carbocycles. The quantitative estimate of drug-likeness (QED) is 0.733. The van der Waals surface area contributed by atoms with E-state index in [0.29, 0.717) is 0 Å². The van der Waals surface area contributed by atoms with Gasteiger partial charge in [0.05, 0.1) is 33.2 Å². The molecule has 1 aliphatic heterocycles. The molecule has 0 atom stereocenters. The van der Waals surface area contributed by atoms with E-state index in [1.165, 1.54) is 11.1 Å². The van der Waals surface area contributed by atoms with E-state index < -0.39 is 0 Å². The molecule has 0 radical (unpaired) electrons. The molecule has 1 aromatic rings. The van der Waals surface area contributed by atoms with Crippen molar-refractivity contribution < 1.29 is 4.90 Å². The molecule has 1 saturated heterocycles. The second-order valence-electron chi connectivity index (χ2n) is 5.17. The van der Waals surface area contributed by atoms with Gasteiger partial charge in [-0.05, 0) is 49.3 Å². The number of hydrogen-bond acceptors (Lipinski definition) is 1. The third-order valence-electron chi connectivity index (χ3n) is 3.66. The van der Waals surface area contributed by atoms with Crippen molar-refractivity contribution in [1.29, 1.82) is 0 Å². The fraction of sp³-hybridized carbons (Fsp3) is 0.500. The standard InChI is InChI=1S/C14H21N3S/c1-11-4-5-13(10-12(11)2)15-14(18)17-8-6-16(3)7-9-17/h4-5,10H,6-9H2,1-3H3,(H,15,18)/p+1. The molecule has 2 rings (SSSR count). The molecule has 4 heteroatoms. The monoisotopic (exact) mass is 264 g/mol. The SMILES string of the molecule is Cc1ccc(NC(=S)N2CC[NH+](C)CC2)cc1C. The van der Waals surface area contributed by atoms with Crippen molar-refractivity contribution in [2.45, 2.75) is 13.8 Å². The van der Waals surface area contributed by atoms with E-state index in [2.05, 4.69) is 49.3 Å². The predicted octanol–water partition coefficient (Wildman–Crippen LogP) is 0.831. The van der Waals surface area contributed by atoms with Crippen LogP contribution >= 0.6 is 12.2 Å². The normalized spacial score (nSPS) is 16.7. The van der Waals surface area contributed by atoms with Gasteiger partial charge in [-0.3, -0.25) is 0 Å². The van der Waals surface area contributed by atoms with Crippen LogP contribution in [0.2, 0.25) is 0 Å².